The second-order valence-corrected chi connectivity index (χ2v) is 9.09. The zero-order valence-corrected chi connectivity index (χ0v) is 20.0. The van der Waals surface area contributed by atoms with Gasteiger partial charge < -0.3 is 14.6 Å². The van der Waals surface area contributed by atoms with Crippen LogP contribution in [0.4, 0.5) is 0 Å². The Hall–Kier alpha value is -1.60. The van der Waals surface area contributed by atoms with Crippen LogP contribution < -0.4 is 0 Å². The molecule has 176 valence electrons. The van der Waals surface area contributed by atoms with Crippen molar-refractivity contribution in [1.82, 2.24) is 0 Å². The number of unbranched alkanes of at least 4 members (excludes halogenated alkanes) is 5. The SMILES string of the molecule is CCCCC[C@H](O)/C=C/[C@@H]1/C(=C/CCCCCC(=O)OC)C(=O)C[C@H]1SCC(=O)OC. The third-order valence-electron chi connectivity index (χ3n) is 5.43. The summed E-state index contributed by atoms with van der Waals surface area (Å²) in [5.74, 6) is -0.302. The highest BCUT2D eigenvalue weighted by atomic mass is 32.2. The summed E-state index contributed by atoms with van der Waals surface area (Å²) in [6.45, 7) is 2.13. The van der Waals surface area contributed by atoms with Crippen LogP contribution in [0.2, 0.25) is 0 Å². The number of carbonyl (C=O) groups excluding carboxylic acids is 3. The Morgan fingerprint density at radius 1 is 1.13 bits per heavy atom. The number of ether oxygens (including phenoxy) is 2. The minimum Gasteiger partial charge on any atom is -0.469 e. The molecule has 0 spiro atoms. The van der Waals surface area contributed by atoms with Gasteiger partial charge in [0.05, 0.1) is 26.1 Å². The lowest BCUT2D eigenvalue weighted by molar-refractivity contribution is -0.141. The van der Waals surface area contributed by atoms with Crippen molar-refractivity contribution >= 4 is 29.5 Å². The summed E-state index contributed by atoms with van der Waals surface area (Å²) >= 11 is 1.44. The van der Waals surface area contributed by atoms with Crippen LogP contribution in [0.15, 0.2) is 23.8 Å². The predicted molar refractivity (Wildman–Crippen MR) is 124 cm³/mol. The minimum atomic E-state index is -0.520. The lowest BCUT2D eigenvalue weighted by atomic mass is 9.98. The molecule has 1 saturated carbocycles. The molecule has 0 heterocycles. The molecule has 3 atom stereocenters. The van der Waals surface area contributed by atoms with E-state index in [4.69, 9.17) is 4.74 Å². The number of aliphatic hydroxyl groups is 1. The summed E-state index contributed by atoms with van der Waals surface area (Å²) < 4.78 is 9.37. The normalized spacial score (nSPS) is 21.0. The molecule has 0 amide bonds. The summed E-state index contributed by atoms with van der Waals surface area (Å²) in [5.41, 5.74) is 0.771. The molecular weight excluding hydrogens is 416 g/mol. The van der Waals surface area contributed by atoms with E-state index < -0.39 is 6.10 Å². The standard InChI is InChI=1S/C24H38O6S/c1-4-5-8-11-18(25)14-15-20-19(12-9-6-7-10-13-23(27)29-2)21(26)16-22(20)31-17-24(28)30-3/h12,14-15,18,20,22,25H,4-11,13,16-17H2,1-3H3/b15-14+,19-12-/t18-,20+,22+/m0/s1. The van der Waals surface area contributed by atoms with Gasteiger partial charge in [0.25, 0.3) is 0 Å². The van der Waals surface area contributed by atoms with Gasteiger partial charge in [0.15, 0.2) is 5.78 Å². The van der Waals surface area contributed by atoms with Crippen LogP contribution >= 0.6 is 11.8 Å². The molecule has 1 N–H and O–H groups in total. The Morgan fingerprint density at radius 2 is 1.87 bits per heavy atom. The molecule has 31 heavy (non-hydrogen) atoms. The Labute approximate surface area is 190 Å². The lowest BCUT2D eigenvalue weighted by Crippen LogP contribution is -2.14. The van der Waals surface area contributed by atoms with Gasteiger partial charge in [-0.3, -0.25) is 14.4 Å². The van der Waals surface area contributed by atoms with Gasteiger partial charge in [-0.25, -0.2) is 0 Å². The molecule has 7 heteroatoms. The molecule has 1 aliphatic carbocycles. The highest BCUT2D eigenvalue weighted by molar-refractivity contribution is 8.00. The Morgan fingerprint density at radius 3 is 2.55 bits per heavy atom. The molecule has 1 fully saturated rings. The predicted octanol–water partition coefficient (Wildman–Crippen LogP) is 4.40. The first-order valence-corrected chi connectivity index (χ1v) is 12.3. The van der Waals surface area contributed by atoms with Crippen molar-refractivity contribution in [2.45, 2.75) is 82.5 Å². The number of allylic oxidation sites excluding steroid dienone is 3. The van der Waals surface area contributed by atoms with Crippen LogP contribution in [0.25, 0.3) is 0 Å². The molecule has 0 aliphatic heterocycles. The van der Waals surface area contributed by atoms with Crippen LogP contribution in [0, 0.1) is 5.92 Å². The van der Waals surface area contributed by atoms with Gasteiger partial charge in [-0.2, -0.15) is 0 Å². The maximum Gasteiger partial charge on any atom is 0.315 e. The fourth-order valence-corrected chi connectivity index (χ4v) is 4.77. The summed E-state index contributed by atoms with van der Waals surface area (Å²) in [4.78, 5) is 35.4. The van der Waals surface area contributed by atoms with Crippen LogP contribution in [-0.4, -0.2) is 54.2 Å². The van der Waals surface area contributed by atoms with E-state index in [0.29, 0.717) is 19.3 Å². The molecule has 0 unspecified atom stereocenters. The smallest absolute Gasteiger partial charge is 0.315 e. The maximum atomic E-state index is 12.7. The second kappa shape index (κ2) is 16.1. The van der Waals surface area contributed by atoms with Gasteiger partial charge in [-0.05, 0) is 31.3 Å². The summed E-state index contributed by atoms with van der Waals surface area (Å²) in [6, 6.07) is 0. The Bertz CT molecular complexity index is 628. The van der Waals surface area contributed by atoms with Crippen molar-refractivity contribution in [1.29, 1.82) is 0 Å². The number of ketones is 1. The average Bonchev–Trinajstić information content (AvgIpc) is 3.06. The van der Waals surface area contributed by atoms with E-state index in [1.54, 1.807) is 6.08 Å². The number of esters is 2. The molecule has 1 aliphatic rings. The van der Waals surface area contributed by atoms with Crippen molar-refractivity contribution in [3.05, 3.63) is 23.8 Å². The molecule has 6 nitrogen and oxygen atoms in total. The first kappa shape index (κ1) is 27.4. The Balaban J connectivity index is 2.73. The minimum absolute atomic E-state index is 0.0312. The lowest BCUT2D eigenvalue weighted by Gasteiger charge is -2.16. The topological polar surface area (TPSA) is 89.9 Å². The number of Topliss-reactive ketones (excluding diaryl/α,β-unsaturated/α-hetero) is 1. The van der Waals surface area contributed by atoms with Crippen molar-refractivity contribution in [3.63, 3.8) is 0 Å². The van der Waals surface area contributed by atoms with Crippen LogP contribution in [-0.2, 0) is 23.9 Å². The Kier molecular flexibility index (Phi) is 14.2. The molecular formula is C24H38O6S. The molecule has 0 aromatic carbocycles. The largest absolute Gasteiger partial charge is 0.469 e. The highest BCUT2D eigenvalue weighted by Crippen LogP contribution is 2.38. The first-order valence-electron chi connectivity index (χ1n) is 11.3. The second-order valence-electron chi connectivity index (χ2n) is 7.86. The molecule has 1 rings (SSSR count). The van der Waals surface area contributed by atoms with E-state index >= 15 is 0 Å². The van der Waals surface area contributed by atoms with E-state index in [-0.39, 0.29) is 34.6 Å². The van der Waals surface area contributed by atoms with Gasteiger partial charge >= 0.3 is 11.9 Å². The van der Waals surface area contributed by atoms with E-state index in [1.807, 2.05) is 12.2 Å². The van der Waals surface area contributed by atoms with E-state index in [0.717, 1.165) is 50.5 Å². The van der Waals surface area contributed by atoms with Crippen molar-refractivity contribution < 1.29 is 29.0 Å². The quantitative estimate of drug-likeness (QED) is 0.170. The summed E-state index contributed by atoms with van der Waals surface area (Å²) in [5, 5.41) is 10.2. The van der Waals surface area contributed by atoms with Crippen LogP contribution in [0.3, 0.4) is 0 Å². The molecule has 0 radical (unpaired) electrons. The molecule has 0 aromatic heterocycles. The zero-order valence-electron chi connectivity index (χ0n) is 19.1. The third kappa shape index (κ3) is 11.0. The highest BCUT2D eigenvalue weighted by Gasteiger charge is 2.36. The first-order chi connectivity index (χ1) is 14.9. The van der Waals surface area contributed by atoms with Crippen LogP contribution in [0.1, 0.15) is 71.1 Å². The number of carbonyl (C=O) groups is 3. The number of aliphatic hydroxyl groups excluding tert-OH is 1. The van der Waals surface area contributed by atoms with Gasteiger partial charge in [0.2, 0.25) is 0 Å². The maximum absolute atomic E-state index is 12.7. The number of rotatable bonds is 15. The van der Waals surface area contributed by atoms with Crippen molar-refractivity contribution in [2.24, 2.45) is 5.92 Å². The monoisotopic (exact) mass is 454 g/mol. The van der Waals surface area contributed by atoms with Crippen molar-refractivity contribution in [3.8, 4) is 0 Å². The third-order valence-corrected chi connectivity index (χ3v) is 6.72. The van der Waals surface area contributed by atoms with E-state index in [1.165, 1.54) is 26.0 Å². The van der Waals surface area contributed by atoms with Crippen molar-refractivity contribution in [2.75, 3.05) is 20.0 Å². The fourth-order valence-electron chi connectivity index (χ4n) is 3.59. The molecule has 0 bridgehead atoms. The summed E-state index contributed by atoms with van der Waals surface area (Å²) in [6.07, 6.45) is 13.2. The number of thioether (sulfide) groups is 1. The van der Waals surface area contributed by atoms with Gasteiger partial charge in [-0.15, -0.1) is 11.8 Å². The number of hydrogen-bond donors (Lipinski definition) is 1. The number of hydrogen-bond acceptors (Lipinski definition) is 7. The van der Waals surface area contributed by atoms with Gasteiger partial charge in [0.1, 0.15) is 0 Å². The molecule has 0 aromatic rings. The number of methoxy groups -OCH3 is 2. The van der Waals surface area contributed by atoms with E-state index in [9.17, 15) is 19.5 Å². The van der Waals surface area contributed by atoms with Gasteiger partial charge in [0, 0.05) is 24.0 Å². The fraction of sp³-hybridized carbons (Fsp3) is 0.708. The average molecular weight is 455 g/mol. The molecule has 0 saturated heterocycles. The van der Waals surface area contributed by atoms with Crippen LogP contribution in [0.5, 0.6) is 0 Å². The summed E-state index contributed by atoms with van der Waals surface area (Å²) in [7, 11) is 2.75. The van der Waals surface area contributed by atoms with E-state index in [2.05, 4.69) is 11.7 Å². The zero-order chi connectivity index (χ0) is 23.1. The van der Waals surface area contributed by atoms with Gasteiger partial charge in [-0.1, -0.05) is 50.8 Å².